The molecule has 0 fully saturated rings. The second-order valence-electron chi connectivity index (χ2n) is 7.02. The Hall–Kier alpha value is -2.61. The summed E-state index contributed by atoms with van der Waals surface area (Å²) in [6, 6.07) is 8.25. The minimum absolute atomic E-state index is 0.0437. The summed E-state index contributed by atoms with van der Waals surface area (Å²) in [5, 5.41) is 3.24. The summed E-state index contributed by atoms with van der Waals surface area (Å²) in [5.41, 5.74) is 2.47. The topological polar surface area (TPSA) is 91.4 Å². The lowest BCUT2D eigenvalue weighted by atomic mass is 10.2. The zero-order valence-electron chi connectivity index (χ0n) is 15.7. The maximum absolute atomic E-state index is 12.7. The molecule has 0 radical (unpaired) electrons. The van der Waals surface area contributed by atoms with E-state index >= 15 is 0 Å². The molecule has 1 aliphatic rings. The Morgan fingerprint density at radius 2 is 2.04 bits per heavy atom. The molecule has 0 saturated heterocycles. The average molecular weight is 388 g/mol. The van der Waals surface area contributed by atoms with Crippen molar-refractivity contribution in [1.82, 2.24) is 4.98 Å². The summed E-state index contributed by atoms with van der Waals surface area (Å²) in [6.07, 6.45) is 2.25. The molecule has 2 heterocycles. The quantitative estimate of drug-likeness (QED) is 0.794. The number of fused-ring (bicyclic) bond motifs is 1. The number of sulfonamides is 1. The fourth-order valence-corrected chi connectivity index (χ4v) is 4.01. The van der Waals surface area contributed by atoms with Crippen molar-refractivity contribution in [2.75, 3.05) is 28.0 Å². The van der Waals surface area contributed by atoms with E-state index in [1.54, 1.807) is 35.4 Å². The first-order chi connectivity index (χ1) is 12.8. The smallest absolute Gasteiger partial charge is 0.263 e. The molecule has 1 amide bonds. The third-order valence-corrected chi connectivity index (χ3v) is 5.71. The van der Waals surface area contributed by atoms with Crippen LogP contribution in [-0.2, 0) is 21.2 Å². The van der Waals surface area contributed by atoms with Gasteiger partial charge in [-0.25, -0.2) is 13.4 Å². The number of rotatable bonds is 6. The lowest BCUT2D eigenvalue weighted by Crippen LogP contribution is -2.25. The zero-order valence-corrected chi connectivity index (χ0v) is 16.5. The van der Waals surface area contributed by atoms with Crippen molar-refractivity contribution in [3.63, 3.8) is 0 Å². The number of amides is 1. The van der Waals surface area contributed by atoms with Crippen LogP contribution in [0.15, 0.2) is 41.4 Å². The van der Waals surface area contributed by atoms with E-state index in [0.29, 0.717) is 18.9 Å². The van der Waals surface area contributed by atoms with Crippen molar-refractivity contribution < 1.29 is 13.2 Å². The zero-order chi connectivity index (χ0) is 19.6. The van der Waals surface area contributed by atoms with Crippen LogP contribution in [0.1, 0.15) is 26.3 Å². The Morgan fingerprint density at radius 1 is 1.26 bits per heavy atom. The number of nitrogens with zero attached hydrogens (tertiary/aromatic N) is 2. The van der Waals surface area contributed by atoms with Gasteiger partial charge in [0.25, 0.3) is 10.0 Å². The standard InChI is InChI=1S/C19H24N4O3S/c1-13(2)11-20-16-4-7-19(21-12-16)22-27(25,26)17-5-6-18-15(10-17)8-9-23(18)14(3)24/h4-7,10,12-13,20H,8-9,11H2,1-3H3,(H,21,22). The molecular formula is C19H24N4O3S. The third-order valence-electron chi connectivity index (χ3n) is 4.35. The van der Waals surface area contributed by atoms with Crippen LogP contribution in [0, 0.1) is 5.92 Å². The summed E-state index contributed by atoms with van der Waals surface area (Å²) >= 11 is 0. The minimum Gasteiger partial charge on any atom is -0.384 e. The van der Waals surface area contributed by atoms with Gasteiger partial charge in [-0.05, 0) is 48.2 Å². The Morgan fingerprint density at radius 3 is 2.67 bits per heavy atom. The number of carbonyl (C=O) groups is 1. The highest BCUT2D eigenvalue weighted by Gasteiger charge is 2.25. The van der Waals surface area contributed by atoms with E-state index in [2.05, 4.69) is 28.9 Å². The number of anilines is 3. The van der Waals surface area contributed by atoms with Gasteiger partial charge in [-0.15, -0.1) is 0 Å². The molecule has 3 rings (SSSR count). The van der Waals surface area contributed by atoms with Gasteiger partial charge < -0.3 is 10.2 Å². The number of hydrogen-bond donors (Lipinski definition) is 2. The van der Waals surface area contributed by atoms with Crippen molar-refractivity contribution in [3.05, 3.63) is 42.1 Å². The van der Waals surface area contributed by atoms with Crippen molar-refractivity contribution in [2.24, 2.45) is 5.92 Å². The van der Waals surface area contributed by atoms with Gasteiger partial charge in [0.1, 0.15) is 5.82 Å². The van der Waals surface area contributed by atoms with E-state index in [4.69, 9.17) is 0 Å². The number of carbonyl (C=O) groups excluding carboxylic acids is 1. The highest BCUT2D eigenvalue weighted by atomic mass is 32.2. The van der Waals surface area contributed by atoms with E-state index in [1.165, 1.54) is 13.0 Å². The molecule has 8 heteroatoms. The van der Waals surface area contributed by atoms with Crippen LogP contribution in [0.3, 0.4) is 0 Å². The van der Waals surface area contributed by atoms with Gasteiger partial charge in [0, 0.05) is 25.7 Å². The van der Waals surface area contributed by atoms with Crippen LogP contribution in [0.25, 0.3) is 0 Å². The molecule has 1 aromatic carbocycles. The van der Waals surface area contributed by atoms with Crippen LogP contribution in [0.4, 0.5) is 17.2 Å². The normalized spacial score (nSPS) is 13.6. The maximum atomic E-state index is 12.7. The lowest BCUT2D eigenvalue weighted by molar-refractivity contribution is -0.116. The minimum atomic E-state index is -3.75. The highest BCUT2D eigenvalue weighted by molar-refractivity contribution is 7.92. The summed E-state index contributed by atoms with van der Waals surface area (Å²) in [7, 11) is -3.75. The van der Waals surface area contributed by atoms with Gasteiger partial charge in [-0.1, -0.05) is 13.8 Å². The second kappa shape index (κ2) is 7.56. The molecule has 2 N–H and O–H groups in total. The Kier molecular flexibility index (Phi) is 5.36. The summed E-state index contributed by atoms with van der Waals surface area (Å²) < 4.78 is 27.8. The van der Waals surface area contributed by atoms with E-state index in [0.717, 1.165) is 23.5 Å². The summed E-state index contributed by atoms with van der Waals surface area (Å²) in [6.45, 7) is 7.12. The lowest BCUT2D eigenvalue weighted by Gasteiger charge is -2.15. The maximum Gasteiger partial charge on any atom is 0.263 e. The molecule has 144 valence electrons. The van der Waals surface area contributed by atoms with E-state index < -0.39 is 10.0 Å². The average Bonchev–Trinajstić information content (AvgIpc) is 3.04. The fourth-order valence-electron chi connectivity index (χ4n) is 2.95. The summed E-state index contributed by atoms with van der Waals surface area (Å²) in [5.74, 6) is 0.718. The van der Waals surface area contributed by atoms with E-state index in [-0.39, 0.29) is 16.6 Å². The van der Waals surface area contributed by atoms with Gasteiger partial charge in [0.15, 0.2) is 0 Å². The first-order valence-electron chi connectivity index (χ1n) is 8.90. The Balaban J connectivity index is 1.75. The van der Waals surface area contributed by atoms with Crippen LogP contribution in [0.2, 0.25) is 0 Å². The van der Waals surface area contributed by atoms with Gasteiger partial charge in [0.2, 0.25) is 5.91 Å². The molecule has 1 aromatic heterocycles. The predicted octanol–water partition coefficient (Wildman–Crippen LogP) is 2.86. The van der Waals surface area contributed by atoms with Crippen molar-refractivity contribution in [3.8, 4) is 0 Å². The molecule has 0 saturated carbocycles. The molecule has 0 bridgehead atoms. The van der Waals surface area contributed by atoms with Gasteiger partial charge in [0.05, 0.1) is 16.8 Å². The highest BCUT2D eigenvalue weighted by Crippen LogP contribution is 2.30. The number of nitrogens with one attached hydrogen (secondary N) is 2. The van der Waals surface area contributed by atoms with Gasteiger partial charge >= 0.3 is 0 Å². The molecule has 0 unspecified atom stereocenters. The Bertz CT molecular complexity index is 940. The predicted molar refractivity (Wildman–Crippen MR) is 107 cm³/mol. The monoisotopic (exact) mass is 388 g/mol. The SMILES string of the molecule is CC(=O)N1CCc2cc(S(=O)(=O)Nc3ccc(NCC(C)C)cn3)ccc21. The first kappa shape index (κ1) is 19.2. The van der Waals surface area contributed by atoms with Crippen molar-refractivity contribution in [1.29, 1.82) is 0 Å². The van der Waals surface area contributed by atoms with Crippen molar-refractivity contribution in [2.45, 2.75) is 32.1 Å². The molecular weight excluding hydrogens is 364 g/mol. The fraction of sp³-hybridized carbons (Fsp3) is 0.368. The molecule has 2 aromatic rings. The van der Waals surface area contributed by atoms with Crippen molar-refractivity contribution >= 4 is 33.1 Å². The largest absolute Gasteiger partial charge is 0.384 e. The first-order valence-corrected chi connectivity index (χ1v) is 10.4. The number of pyridine rings is 1. The third kappa shape index (κ3) is 4.39. The van der Waals surface area contributed by atoms with Gasteiger partial charge in [-0.2, -0.15) is 0 Å². The van der Waals surface area contributed by atoms with Crippen LogP contribution >= 0.6 is 0 Å². The van der Waals surface area contributed by atoms with Crippen LogP contribution in [-0.4, -0.2) is 32.4 Å². The number of aromatic nitrogens is 1. The van der Waals surface area contributed by atoms with E-state index in [1.807, 2.05) is 0 Å². The van der Waals surface area contributed by atoms with Crippen LogP contribution < -0.4 is 14.9 Å². The van der Waals surface area contributed by atoms with Gasteiger partial charge in [-0.3, -0.25) is 9.52 Å². The molecule has 0 atom stereocenters. The molecule has 27 heavy (non-hydrogen) atoms. The second-order valence-corrected chi connectivity index (χ2v) is 8.71. The number of hydrogen-bond acceptors (Lipinski definition) is 5. The summed E-state index contributed by atoms with van der Waals surface area (Å²) in [4.78, 5) is 17.6. The molecule has 1 aliphatic heterocycles. The number of benzene rings is 1. The molecule has 7 nitrogen and oxygen atoms in total. The Labute approximate surface area is 159 Å². The molecule has 0 spiro atoms. The van der Waals surface area contributed by atoms with E-state index in [9.17, 15) is 13.2 Å². The molecule has 0 aliphatic carbocycles. The van der Waals surface area contributed by atoms with Crippen LogP contribution in [0.5, 0.6) is 0 Å².